The Balaban J connectivity index is 2.14. The van der Waals surface area contributed by atoms with Crippen LogP contribution in [0.2, 0.25) is 0 Å². The first-order chi connectivity index (χ1) is 13.5. The lowest BCUT2D eigenvalue weighted by molar-refractivity contribution is 0.155. The third-order valence-electron chi connectivity index (χ3n) is 5.23. The summed E-state index contributed by atoms with van der Waals surface area (Å²) >= 11 is 0. The highest BCUT2D eigenvalue weighted by Crippen LogP contribution is 2.32. The van der Waals surface area contributed by atoms with E-state index in [9.17, 15) is 0 Å². The molecule has 3 heterocycles. The van der Waals surface area contributed by atoms with E-state index in [1.165, 1.54) is 11.1 Å². The molecular formula is C23H31N3O2. The van der Waals surface area contributed by atoms with Crippen molar-refractivity contribution in [2.45, 2.75) is 53.5 Å². The number of hydrogen-bond donors (Lipinski definition) is 0. The molecule has 150 valence electrons. The van der Waals surface area contributed by atoms with Crippen LogP contribution in [0.5, 0.6) is 5.88 Å². The van der Waals surface area contributed by atoms with E-state index < -0.39 is 0 Å². The molecule has 3 aromatic rings. The number of aromatic nitrogens is 3. The summed E-state index contributed by atoms with van der Waals surface area (Å²) in [7, 11) is 1.76. The maximum Gasteiger partial charge on any atom is 0.213 e. The lowest BCUT2D eigenvalue weighted by Gasteiger charge is -2.18. The van der Waals surface area contributed by atoms with Gasteiger partial charge in [-0.05, 0) is 56.9 Å². The van der Waals surface area contributed by atoms with E-state index in [0.29, 0.717) is 25.1 Å². The van der Waals surface area contributed by atoms with Gasteiger partial charge in [0.15, 0.2) is 0 Å². The average molecular weight is 382 g/mol. The van der Waals surface area contributed by atoms with Gasteiger partial charge >= 0.3 is 0 Å². The minimum Gasteiger partial charge on any atom is -0.478 e. The van der Waals surface area contributed by atoms with Crippen molar-refractivity contribution in [1.82, 2.24) is 14.5 Å². The second-order valence-electron chi connectivity index (χ2n) is 7.19. The Hall–Kier alpha value is -2.40. The van der Waals surface area contributed by atoms with E-state index in [1.807, 2.05) is 13.0 Å². The van der Waals surface area contributed by atoms with Gasteiger partial charge in [0.1, 0.15) is 0 Å². The van der Waals surface area contributed by atoms with Gasteiger partial charge in [-0.2, -0.15) is 0 Å². The molecule has 0 radical (unpaired) electrons. The van der Waals surface area contributed by atoms with E-state index >= 15 is 0 Å². The molecule has 0 fully saturated rings. The Morgan fingerprint density at radius 2 is 1.86 bits per heavy atom. The van der Waals surface area contributed by atoms with Crippen LogP contribution in [0.25, 0.3) is 22.3 Å². The Morgan fingerprint density at radius 1 is 1.07 bits per heavy atom. The molecule has 5 heteroatoms. The Kier molecular flexibility index (Phi) is 6.35. The molecule has 0 saturated carbocycles. The maximum atomic E-state index is 5.58. The molecule has 0 amide bonds. The van der Waals surface area contributed by atoms with E-state index in [1.54, 1.807) is 7.11 Å². The van der Waals surface area contributed by atoms with Crippen molar-refractivity contribution in [2.24, 2.45) is 0 Å². The molecule has 3 rings (SSSR count). The van der Waals surface area contributed by atoms with Gasteiger partial charge in [0.05, 0.1) is 41.7 Å². The van der Waals surface area contributed by atoms with E-state index in [2.05, 4.69) is 55.6 Å². The third kappa shape index (κ3) is 3.76. The van der Waals surface area contributed by atoms with E-state index in [4.69, 9.17) is 14.5 Å². The molecule has 0 saturated heterocycles. The van der Waals surface area contributed by atoms with Crippen LogP contribution in [-0.2, 0) is 11.2 Å². The number of rotatable bonds is 8. The highest BCUT2D eigenvalue weighted by atomic mass is 16.5. The smallest absolute Gasteiger partial charge is 0.213 e. The molecule has 0 N–H and O–H groups in total. The van der Waals surface area contributed by atoms with Crippen LogP contribution in [0.4, 0.5) is 0 Å². The summed E-state index contributed by atoms with van der Waals surface area (Å²) in [6.45, 7) is 11.9. The SMILES string of the molecule is CCOc1ccc(-c2nc3c(C)cn([C@H](CC)COC)c3cc2C)c(CC)n1. The molecule has 0 aliphatic carbocycles. The highest BCUT2D eigenvalue weighted by Gasteiger charge is 2.18. The van der Waals surface area contributed by atoms with Crippen molar-refractivity contribution in [1.29, 1.82) is 0 Å². The Bertz CT molecular complexity index is 962. The standard InChI is InChI=1S/C23H31N3O2/c1-7-17(14-27-6)26-13-16(5)23-20(26)12-15(4)22(25-23)18-10-11-21(28-9-3)24-19(18)8-2/h10-13,17H,7-9,14H2,1-6H3/t17-/m1/s1. The van der Waals surface area contributed by atoms with Gasteiger partial charge in [-0.3, -0.25) is 0 Å². The van der Waals surface area contributed by atoms with E-state index in [0.717, 1.165) is 40.9 Å². The number of fused-ring (bicyclic) bond motifs is 1. The van der Waals surface area contributed by atoms with Gasteiger partial charge < -0.3 is 14.0 Å². The monoisotopic (exact) mass is 381 g/mol. The quantitative estimate of drug-likeness (QED) is 0.533. The van der Waals surface area contributed by atoms with Crippen LogP contribution in [0, 0.1) is 13.8 Å². The number of pyridine rings is 2. The van der Waals surface area contributed by atoms with Crippen LogP contribution in [0.1, 0.15) is 50.1 Å². The molecule has 0 aliphatic heterocycles. The van der Waals surface area contributed by atoms with Crippen LogP contribution >= 0.6 is 0 Å². The second kappa shape index (κ2) is 8.74. The van der Waals surface area contributed by atoms with Crippen molar-refractivity contribution < 1.29 is 9.47 Å². The van der Waals surface area contributed by atoms with Crippen molar-refractivity contribution >= 4 is 11.0 Å². The summed E-state index contributed by atoms with van der Waals surface area (Å²) in [5, 5.41) is 0. The zero-order valence-electron chi connectivity index (χ0n) is 17.9. The van der Waals surface area contributed by atoms with Gasteiger partial charge in [-0.25, -0.2) is 9.97 Å². The van der Waals surface area contributed by atoms with Gasteiger partial charge in [-0.15, -0.1) is 0 Å². The van der Waals surface area contributed by atoms with Crippen LogP contribution in [0.3, 0.4) is 0 Å². The summed E-state index contributed by atoms with van der Waals surface area (Å²) in [5.41, 5.74) is 7.65. The number of methoxy groups -OCH3 is 1. The normalized spacial score (nSPS) is 12.5. The van der Waals surface area contributed by atoms with Crippen molar-refractivity contribution in [3.05, 3.63) is 41.2 Å². The summed E-state index contributed by atoms with van der Waals surface area (Å²) in [6.07, 6.45) is 4.05. The van der Waals surface area contributed by atoms with Gasteiger partial charge in [0.2, 0.25) is 5.88 Å². The van der Waals surface area contributed by atoms with Crippen molar-refractivity contribution in [2.75, 3.05) is 20.3 Å². The summed E-state index contributed by atoms with van der Waals surface area (Å²) < 4.78 is 13.3. The maximum absolute atomic E-state index is 5.58. The minimum atomic E-state index is 0.312. The average Bonchev–Trinajstić information content (AvgIpc) is 3.01. The Morgan fingerprint density at radius 3 is 2.50 bits per heavy atom. The number of aryl methyl sites for hydroxylation is 3. The molecule has 28 heavy (non-hydrogen) atoms. The third-order valence-corrected chi connectivity index (χ3v) is 5.23. The first-order valence-corrected chi connectivity index (χ1v) is 10.1. The van der Waals surface area contributed by atoms with Crippen LogP contribution in [0.15, 0.2) is 24.4 Å². The zero-order chi connectivity index (χ0) is 20.3. The molecule has 0 unspecified atom stereocenters. The fraction of sp³-hybridized carbons (Fsp3) is 0.478. The molecule has 0 bridgehead atoms. The summed E-state index contributed by atoms with van der Waals surface area (Å²) in [5.74, 6) is 0.675. The molecule has 3 aromatic heterocycles. The van der Waals surface area contributed by atoms with Gasteiger partial charge in [-0.1, -0.05) is 13.8 Å². The molecule has 0 aromatic carbocycles. The zero-order valence-corrected chi connectivity index (χ0v) is 17.9. The largest absolute Gasteiger partial charge is 0.478 e. The van der Waals surface area contributed by atoms with Crippen LogP contribution in [-0.4, -0.2) is 34.9 Å². The van der Waals surface area contributed by atoms with Gasteiger partial charge in [0.25, 0.3) is 0 Å². The summed E-state index contributed by atoms with van der Waals surface area (Å²) in [6, 6.07) is 6.59. The van der Waals surface area contributed by atoms with E-state index in [-0.39, 0.29) is 0 Å². The molecule has 0 spiro atoms. The first-order valence-electron chi connectivity index (χ1n) is 10.1. The lowest BCUT2D eigenvalue weighted by Crippen LogP contribution is -2.13. The predicted octanol–water partition coefficient (Wildman–Crippen LogP) is 5.27. The second-order valence-corrected chi connectivity index (χ2v) is 7.19. The highest BCUT2D eigenvalue weighted by molar-refractivity contribution is 5.84. The lowest BCUT2D eigenvalue weighted by atomic mass is 10.0. The number of hydrogen-bond acceptors (Lipinski definition) is 4. The minimum absolute atomic E-state index is 0.312. The van der Waals surface area contributed by atoms with Crippen molar-refractivity contribution in [3.63, 3.8) is 0 Å². The summed E-state index contributed by atoms with van der Waals surface area (Å²) in [4.78, 5) is 9.77. The fourth-order valence-corrected chi connectivity index (χ4v) is 3.78. The topological polar surface area (TPSA) is 49.2 Å². The van der Waals surface area contributed by atoms with Crippen LogP contribution < -0.4 is 4.74 Å². The van der Waals surface area contributed by atoms with Crippen molar-refractivity contribution in [3.8, 4) is 17.1 Å². The molecule has 5 nitrogen and oxygen atoms in total. The predicted molar refractivity (Wildman–Crippen MR) is 114 cm³/mol. The molecule has 0 aliphatic rings. The number of ether oxygens (including phenoxy) is 2. The fourth-order valence-electron chi connectivity index (χ4n) is 3.78. The van der Waals surface area contributed by atoms with Gasteiger partial charge in [0, 0.05) is 24.9 Å². The first kappa shape index (κ1) is 20.3. The molecule has 1 atom stereocenters. The Labute approximate surface area is 167 Å². The molecular weight excluding hydrogens is 350 g/mol. The number of nitrogens with zero attached hydrogens (tertiary/aromatic N) is 3.